The van der Waals surface area contributed by atoms with Gasteiger partial charge in [0, 0.05) is 22.8 Å². The van der Waals surface area contributed by atoms with Crippen LogP contribution >= 0.6 is 15.9 Å². The standard InChI is InChI=1S/C20H21BrN4/c1-15-14-19(22-13-7-10-16-8-3-2-4-9-16)25-20(23-15)24-18-12-6-5-11-17(18)21/h2-6,8-9,11-12,14H,7,10,13H2,1H3,(H2,22,23,24,25). The molecule has 5 heteroatoms. The molecule has 1 aromatic heterocycles. The van der Waals surface area contributed by atoms with Crippen molar-refractivity contribution in [2.24, 2.45) is 0 Å². The highest BCUT2D eigenvalue weighted by atomic mass is 79.9. The van der Waals surface area contributed by atoms with E-state index < -0.39 is 0 Å². The van der Waals surface area contributed by atoms with Crippen molar-refractivity contribution >= 4 is 33.4 Å². The average Bonchev–Trinajstić information content (AvgIpc) is 2.61. The van der Waals surface area contributed by atoms with Gasteiger partial charge in [-0.2, -0.15) is 4.98 Å². The normalized spacial score (nSPS) is 10.5. The van der Waals surface area contributed by atoms with E-state index in [2.05, 4.69) is 60.8 Å². The van der Waals surface area contributed by atoms with Gasteiger partial charge in [0.25, 0.3) is 0 Å². The van der Waals surface area contributed by atoms with Gasteiger partial charge in [0.1, 0.15) is 5.82 Å². The first kappa shape index (κ1) is 17.4. The molecule has 25 heavy (non-hydrogen) atoms. The van der Waals surface area contributed by atoms with E-state index in [0.29, 0.717) is 5.95 Å². The second kappa shape index (κ2) is 8.62. The van der Waals surface area contributed by atoms with Crippen molar-refractivity contribution in [2.75, 3.05) is 17.2 Å². The quantitative estimate of drug-likeness (QED) is 0.529. The van der Waals surface area contributed by atoms with Crippen LogP contribution in [-0.4, -0.2) is 16.5 Å². The van der Waals surface area contributed by atoms with Gasteiger partial charge in [0.15, 0.2) is 0 Å². The highest BCUT2D eigenvalue weighted by Gasteiger charge is 2.05. The van der Waals surface area contributed by atoms with Crippen molar-refractivity contribution in [2.45, 2.75) is 19.8 Å². The maximum absolute atomic E-state index is 4.56. The second-order valence-corrected chi connectivity index (χ2v) is 6.69. The molecule has 0 atom stereocenters. The number of nitrogens with one attached hydrogen (secondary N) is 2. The lowest BCUT2D eigenvalue weighted by Crippen LogP contribution is -2.07. The molecule has 2 N–H and O–H groups in total. The van der Waals surface area contributed by atoms with E-state index in [0.717, 1.165) is 41.1 Å². The Morgan fingerprint density at radius 3 is 2.52 bits per heavy atom. The van der Waals surface area contributed by atoms with E-state index in [4.69, 9.17) is 0 Å². The second-order valence-electron chi connectivity index (χ2n) is 5.84. The molecule has 0 saturated heterocycles. The molecule has 0 aliphatic heterocycles. The number of aryl methyl sites for hydroxylation is 2. The summed E-state index contributed by atoms with van der Waals surface area (Å²) in [5, 5.41) is 6.65. The number of hydrogen-bond acceptors (Lipinski definition) is 4. The lowest BCUT2D eigenvalue weighted by Gasteiger charge is -2.11. The molecule has 0 aliphatic carbocycles. The van der Waals surface area contributed by atoms with Crippen molar-refractivity contribution in [3.63, 3.8) is 0 Å². The largest absolute Gasteiger partial charge is 0.370 e. The number of nitrogens with zero attached hydrogens (tertiary/aromatic N) is 2. The lowest BCUT2D eigenvalue weighted by molar-refractivity contribution is 0.857. The molecule has 1 heterocycles. The van der Waals surface area contributed by atoms with Crippen LogP contribution in [-0.2, 0) is 6.42 Å². The Hall–Kier alpha value is -2.40. The first-order chi connectivity index (χ1) is 12.2. The third-order valence-electron chi connectivity index (χ3n) is 3.77. The molecule has 3 rings (SSSR count). The molecule has 0 aliphatic rings. The van der Waals surface area contributed by atoms with Crippen molar-refractivity contribution in [1.82, 2.24) is 9.97 Å². The van der Waals surface area contributed by atoms with Crippen LogP contribution in [0.4, 0.5) is 17.5 Å². The summed E-state index contributed by atoms with van der Waals surface area (Å²) < 4.78 is 0.984. The number of para-hydroxylation sites is 1. The summed E-state index contributed by atoms with van der Waals surface area (Å²) in [4.78, 5) is 9.02. The Bertz CT molecular complexity index is 821. The van der Waals surface area contributed by atoms with Gasteiger partial charge in [-0.1, -0.05) is 42.5 Å². The van der Waals surface area contributed by atoms with E-state index in [1.165, 1.54) is 5.56 Å². The zero-order chi connectivity index (χ0) is 17.5. The molecule has 3 aromatic rings. The fourth-order valence-electron chi connectivity index (χ4n) is 2.55. The predicted octanol–water partition coefficient (Wildman–Crippen LogP) is 5.34. The number of rotatable bonds is 7. The van der Waals surface area contributed by atoms with Crippen LogP contribution < -0.4 is 10.6 Å². The van der Waals surface area contributed by atoms with Crippen molar-refractivity contribution in [3.8, 4) is 0 Å². The smallest absolute Gasteiger partial charge is 0.229 e. The van der Waals surface area contributed by atoms with Crippen LogP contribution in [0.3, 0.4) is 0 Å². The first-order valence-electron chi connectivity index (χ1n) is 8.36. The monoisotopic (exact) mass is 396 g/mol. The van der Waals surface area contributed by atoms with Crippen LogP contribution in [0.1, 0.15) is 17.7 Å². The van der Waals surface area contributed by atoms with Crippen molar-refractivity contribution < 1.29 is 0 Å². The number of halogens is 1. The van der Waals surface area contributed by atoms with Gasteiger partial charge in [-0.15, -0.1) is 0 Å². The highest BCUT2D eigenvalue weighted by Crippen LogP contribution is 2.24. The summed E-state index contributed by atoms with van der Waals surface area (Å²) in [6.07, 6.45) is 2.11. The fraction of sp³-hybridized carbons (Fsp3) is 0.200. The Morgan fingerprint density at radius 1 is 0.960 bits per heavy atom. The summed E-state index contributed by atoms with van der Waals surface area (Å²) >= 11 is 3.53. The van der Waals surface area contributed by atoms with Gasteiger partial charge < -0.3 is 10.6 Å². The summed E-state index contributed by atoms with van der Waals surface area (Å²) in [5.41, 5.74) is 3.23. The van der Waals surface area contributed by atoms with E-state index in [1.54, 1.807) is 0 Å². The summed E-state index contributed by atoms with van der Waals surface area (Å²) in [5.74, 6) is 1.44. The molecule has 0 unspecified atom stereocenters. The van der Waals surface area contributed by atoms with E-state index in [9.17, 15) is 0 Å². The summed E-state index contributed by atoms with van der Waals surface area (Å²) in [6.45, 7) is 2.85. The van der Waals surface area contributed by atoms with Crippen LogP contribution in [0.2, 0.25) is 0 Å². The Labute approximate surface area is 156 Å². The van der Waals surface area contributed by atoms with E-state index in [1.807, 2.05) is 43.3 Å². The molecule has 4 nitrogen and oxygen atoms in total. The Balaban J connectivity index is 1.59. The van der Waals surface area contributed by atoms with Gasteiger partial charge in [0.2, 0.25) is 5.95 Å². The molecule has 0 fully saturated rings. The molecule has 0 radical (unpaired) electrons. The average molecular weight is 397 g/mol. The molecule has 0 spiro atoms. The first-order valence-corrected chi connectivity index (χ1v) is 9.15. The van der Waals surface area contributed by atoms with Crippen molar-refractivity contribution in [1.29, 1.82) is 0 Å². The van der Waals surface area contributed by atoms with Crippen LogP contribution in [0.25, 0.3) is 0 Å². The van der Waals surface area contributed by atoms with Gasteiger partial charge in [0.05, 0.1) is 5.69 Å². The van der Waals surface area contributed by atoms with Crippen LogP contribution in [0.15, 0.2) is 65.1 Å². The van der Waals surface area contributed by atoms with Gasteiger partial charge in [-0.3, -0.25) is 0 Å². The molecular weight excluding hydrogens is 376 g/mol. The highest BCUT2D eigenvalue weighted by molar-refractivity contribution is 9.10. The van der Waals surface area contributed by atoms with Gasteiger partial charge in [-0.25, -0.2) is 4.98 Å². The number of anilines is 3. The molecule has 0 bridgehead atoms. The minimum atomic E-state index is 0.595. The van der Waals surface area contributed by atoms with E-state index in [-0.39, 0.29) is 0 Å². The third-order valence-corrected chi connectivity index (χ3v) is 4.46. The minimum Gasteiger partial charge on any atom is -0.370 e. The fourth-order valence-corrected chi connectivity index (χ4v) is 2.94. The maximum Gasteiger partial charge on any atom is 0.229 e. The molecule has 0 saturated carbocycles. The molecule has 2 aromatic carbocycles. The zero-order valence-electron chi connectivity index (χ0n) is 14.2. The number of hydrogen-bond donors (Lipinski definition) is 2. The summed E-state index contributed by atoms with van der Waals surface area (Å²) in [7, 11) is 0. The van der Waals surface area contributed by atoms with E-state index >= 15 is 0 Å². The topological polar surface area (TPSA) is 49.8 Å². The molecule has 0 amide bonds. The summed E-state index contributed by atoms with van der Waals surface area (Å²) in [6, 6.07) is 20.4. The van der Waals surface area contributed by atoms with Gasteiger partial charge in [-0.05, 0) is 53.4 Å². The maximum atomic E-state index is 4.56. The number of aromatic nitrogens is 2. The molecule has 128 valence electrons. The van der Waals surface area contributed by atoms with Gasteiger partial charge >= 0.3 is 0 Å². The third kappa shape index (κ3) is 5.29. The zero-order valence-corrected chi connectivity index (χ0v) is 15.8. The lowest BCUT2D eigenvalue weighted by atomic mass is 10.1. The molecular formula is C20H21BrN4. The number of benzene rings is 2. The Kier molecular flexibility index (Phi) is 6.01. The SMILES string of the molecule is Cc1cc(NCCCc2ccccc2)nc(Nc2ccccc2Br)n1. The minimum absolute atomic E-state index is 0.595. The van der Waals surface area contributed by atoms with Crippen LogP contribution in [0, 0.1) is 6.92 Å². The van der Waals surface area contributed by atoms with Crippen molar-refractivity contribution in [3.05, 3.63) is 76.4 Å². The predicted molar refractivity (Wildman–Crippen MR) is 107 cm³/mol. The van der Waals surface area contributed by atoms with Crippen LogP contribution in [0.5, 0.6) is 0 Å². The Morgan fingerprint density at radius 2 is 1.72 bits per heavy atom.